The molecule has 0 spiro atoms. The minimum Gasteiger partial charge on any atom is -0.508 e. The van der Waals surface area contributed by atoms with Crippen LogP contribution in [0.4, 0.5) is 0 Å². The fourth-order valence-corrected chi connectivity index (χ4v) is 2.77. The molecule has 1 aromatic carbocycles. The van der Waals surface area contributed by atoms with Crippen molar-refractivity contribution in [1.29, 1.82) is 0 Å². The van der Waals surface area contributed by atoms with E-state index in [-0.39, 0.29) is 0 Å². The van der Waals surface area contributed by atoms with Gasteiger partial charge in [-0.3, -0.25) is 0 Å². The predicted octanol–water partition coefficient (Wildman–Crippen LogP) is 5.93. The Kier molecular flexibility index (Phi) is 5.90. The van der Waals surface area contributed by atoms with Gasteiger partial charge in [0.1, 0.15) is 5.75 Å². The maximum absolute atomic E-state index is 10.3. The summed E-state index contributed by atoms with van der Waals surface area (Å²) in [6, 6.07) is 4.03. The third kappa shape index (κ3) is 3.32. The van der Waals surface area contributed by atoms with Crippen LogP contribution >= 0.6 is 0 Å². The number of aromatic hydroxyl groups is 1. The summed E-state index contributed by atoms with van der Waals surface area (Å²) < 4.78 is 0. The first-order valence-electron chi connectivity index (χ1n) is 7.83. The topological polar surface area (TPSA) is 20.2 Å². The Hall–Kier alpha value is -0.980. The number of phenols is 1. The molecule has 1 heteroatoms. The van der Waals surface area contributed by atoms with E-state index in [9.17, 15) is 5.11 Å². The van der Waals surface area contributed by atoms with Crippen LogP contribution in [0.25, 0.3) is 0 Å². The van der Waals surface area contributed by atoms with E-state index in [0.717, 1.165) is 19.3 Å². The Morgan fingerprint density at radius 2 is 1.26 bits per heavy atom. The van der Waals surface area contributed by atoms with E-state index in [1.54, 1.807) is 0 Å². The van der Waals surface area contributed by atoms with Gasteiger partial charge in [-0.15, -0.1) is 0 Å². The number of phenolic OH excluding ortho intramolecular Hbond substituents is 1. The van der Waals surface area contributed by atoms with E-state index in [1.807, 2.05) is 6.07 Å². The number of benzene rings is 1. The first-order valence-corrected chi connectivity index (χ1v) is 7.83. The van der Waals surface area contributed by atoms with Gasteiger partial charge < -0.3 is 5.11 Å². The molecule has 0 aliphatic carbocycles. The van der Waals surface area contributed by atoms with E-state index in [1.165, 1.54) is 16.7 Å². The Bertz CT molecular complexity index is 408. The summed E-state index contributed by atoms with van der Waals surface area (Å²) in [5.74, 6) is 1.98. The third-order valence-corrected chi connectivity index (χ3v) is 4.65. The van der Waals surface area contributed by atoms with E-state index in [2.05, 4.69) is 47.6 Å². The highest BCUT2D eigenvalue weighted by Crippen LogP contribution is 2.41. The second-order valence-corrected chi connectivity index (χ2v) is 5.93. The van der Waals surface area contributed by atoms with Crippen LogP contribution in [0.2, 0.25) is 0 Å². The SMILES string of the molecule is CC[C@@H](C)c1c(O)ccc([C@@H](C)CC)c1[C@@H](C)CC. The highest BCUT2D eigenvalue weighted by atomic mass is 16.3. The van der Waals surface area contributed by atoms with Crippen LogP contribution in [0.3, 0.4) is 0 Å². The number of hydrogen-bond acceptors (Lipinski definition) is 1. The molecule has 1 aromatic rings. The Morgan fingerprint density at radius 3 is 1.74 bits per heavy atom. The molecule has 3 atom stereocenters. The van der Waals surface area contributed by atoms with Crippen molar-refractivity contribution in [3.05, 3.63) is 28.8 Å². The standard InChI is InChI=1S/C18H30O/c1-7-12(4)15-10-11-16(19)18(14(6)9-3)17(15)13(5)8-2/h10-14,19H,7-9H2,1-6H3/t12-,13-,14+/m0/s1. The van der Waals surface area contributed by atoms with Gasteiger partial charge in [0.25, 0.3) is 0 Å². The molecule has 0 aromatic heterocycles. The van der Waals surface area contributed by atoms with Gasteiger partial charge in [0, 0.05) is 5.56 Å². The maximum Gasteiger partial charge on any atom is 0.119 e. The van der Waals surface area contributed by atoms with Crippen molar-refractivity contribution in [2.45, 2.75) is 78.6 Å². The summed E-state index contributed by atoms with van der Waals surface area (Å²) in [5, 5.41) is 10.3. The van der Waals surface area contributed by atoms with Crippen molar-refractivity contribution in [2.24, 2.45) is 0 Å². The molecule has 0 saturated heterocycles. The van der Waals surface area contributed by atoms with E-state index < -0.39 is 0 Å². The lowest BCUT2D eigenvalue weighted by molar-refractivity contribution is 0.457. The Morgan fingerprint density at radius 1 is 0.789 bits per heavy atom. The number of rotatable bonds is 6. The molecular formula is C18H30O. The lowest BCUT2D eigenvalue weighted by Gasteiger charge is -2.26. The van der Waals surface area contributed by atoms with E-state index in [4.69, 9.17) is 0 Å². The molecule has 0 saturated carbocycles. The average Bonchev–Trinajstić information content (AvgIpc) is 2.44. The quantitative estimate of drug-likeness (QED) is 0.673. The highest BCUT2D eigenvalue weighted by molar-refractivity contribution is 5.49. The molecule has 0 unspecified atom stereocenters. The molecule has 1 rings (SSSR count). The van der Waals surface area contributed by atoms with Crippen molar-refractivity contribution >= 4 is 0 Å². The largest absolute Gasteiger partial charge is 0.508 e. The molecule has 0 bridgehead atoms. The minimum absolute atomic E-state index is 0.424. The van der Waals surface area contributed by atoms with Gasteiger partial charge >= 0.3 is 0 Å². The molecule has 0 amide bonds. The average molecular weight is 262 g/mol. The van der Waals surface area contributed by atoms with E-state index in [0.29, 0.717) is 23.5 Å². The molecular weight excluding hydrogens is 232 g/mol. The van der Waals surface area contributed by atoms with Crippen molar-refractivity contribution in [2.75, 3.05) is 0 Å². The van der Waals surface area contributed by atoms with Gasteiger partial charge in [-0.1, -0.05) is 47.6 Å². The fraction of sp³-hybridized carbons (Fsp3) is 0.667. The first kappa shape index (κ1) is 16.1. The van der Waals surface area contributed by atoms with Crippen LogP contribution in [0, 0.1) is 0 Å². The molecule has 0 aliphatic heterocycles. The molecule has 1 N–H and O–H groups in total. The molecule has 108 valence electrons. The summed E-state index contributed by atoms with van der Waals surface area (Å²) in [4.78, 5) is 0. The molecule has 0 aliphatic rings. The van der Waals surface area contributed by atoms with Crippen molar-refractivity contribution in [3.63, 3.8) is 0 Å². The molecule has 0 heterocycles. The van der Waals surface area contributed by atoms with Gasteiger partial charge in [0.2, 0.25) is 0 Å². The highest BCUT2D eigenvalue weighted by Gasteiger charge is 2.22. The second kappa shape index (κ2) is 6.98. The summed E-state index contributed by atoms with van der Waals surface area (Å²) in [6.45, 7) is 13.5. The van der Waals surface area contributed by atoms with Crippen molar-refractivity contribution in [3.8, 4) is 5.75 Å². The molecule has 1 nitrogen and oxygen atoms in total. The van der Waals surface area contributed by atoms with Crippen LogP contribution in [0.1, 0.15) is 95.2 Å². The van der Waals surface area contributed by atoms with Gasteiger partial charge in [-0.2, -0.15) is 0 Å². The summed E-state index contributed by atoms with van der Waals surface area (Å²) in [5.41, 5.74) is 4.03. The summed E-state index contributed by atoms with van der Waals surface area (Å²) in [6.07, 6.45) is 3.34. The summed E-state index contributed by atoms with van der Waals surface area (Å²) >= 11 is 0. The van der Waals surface area contributed by atoms with Crippen LogP contribution in [-0.4, -0.2) is 5.11 Å². The van der Waals surface area contributed by atoms with Crippen molar-refractivity contribution < 1.29 is 5.11 Å². The van der Waals surface area contributed by atoms with Crippen LogP contribution in [-0.2, 0) is 0 Å². The van der Waals surface area contributed by atoms with Gasteiger partial charge in [-0.05, 0) is 54.2 Å². The van der Waals surface area contributed by atoms with Gasteiger partial charge in [0.05, 0.1) is 0 Å². The number of hydrogen-bond donors (Lipinski definition) is 1. The molecule has 19 heavy (non-hydrogen) atoms. The zero-order chi connectivity index (χ0) is 14.6. The fourth-order valence-electron chi connectivity index (χ4n) is 2.77. The Labute approximate surface area is 119 Å². The van der Waals surface area contributed by atoms with E-state index >= 15 is 0 Å². The monoisotopic (exact) mass is 262 g/mol. The van der Waals surface area contributed by atoms with Gasteiger partial charge in [-0.25, -0.2) is 0 Å². The smallest absolute Gasteiger partial charge is 0.119 e. The second-order valence-electron chi connectivity index (χ2n) is 5.93. The predicted molar refractivity (Wildman–Crippen MR) is 84.2 cm³/mol. The minimum atomic E-state index is 0.424. The molecule has 0 fully saturated rings. The van der Waals surface area contributed by atoms with Crippen LogP contribution in [0.5, 0.6) is 5.75 Å². The third-order valence-electron chi connectivity index (χ3n) is 4.65. The lowest BCUT2D eigenvalue weighted by atomic mass is 9.79. The maximum atomic E-state index is 10.3. The van der Waals surface area contributed by atoms with Crippen LogP contribution < -0.4 is 0 Å². The summed E-state index contributed by atoms with van der Waals surface area (Å²) in [7, 11) is 0. The zero-order valence-electron chi connectivity index (χ0n) is 13.5. The Balaban J connectivity index is 3.49. The zero-order valence-corrected chi connectivity index (χ0v) is 13.5. The normalized spacial score (nSPS) is 16.1. The lowest BCUT2D eigenvalue weighted by Crippen LogP contribution is -2.09. The molecule has 0 radical (unpaired) electrons. The first-order chi connectivity index (χ1) is 8.97. The van der Waals surface area contributed by atoms with Crippen molar-refractivity contribution in [1.82, 2.24) is 0 Å². The van der Waals surface area contributed by atoms with Crippen LogP contribution in [0.15, 0.2) is 12.1 Å². The van der Waals surface area contributed by atoms with Gasteiger partial charge in [0.15, 0.2) is 0 Å².